The van der Waals surface area contributed by atoms with Gasteiger partial charge in [-0.15, -0.1) is 0 Å². The maximum atomic E-state index is 12.8. The van der Waals surface area contributed by atoms with E-state index in [1.54, 1.807) is 0 Å². The molecular formula is C65H118O16P2. The lowest BCUT2D eigenvalue weighted by Gasteiger charge is -2.21. The van der Waals surface area contributed by atoms with E-state index in [4.69, 9.17) is 32.3 Å². The zero-order chi connectivity index (χ0) is 61.0. The van der Waals surface area contributed by atoms with Crippen molar-refractivity contribution in [3.8, 4) is 0 Å². The number of carbonyl (C=O) groups is 3. The summed E-state index contributed by atoms with van der Waals surface area (Å²) in [5, 5.41) is 20.5. The normalized spacial score (nSPS) is 14.7. The smallest absolute Gasteiger partial charge is 0.463 e. The summed E-state index contributed by atoms with van der Waals surface area (Å²) in [4.78, 5) is 58.1. The Morgan fingerprint density at radius 2 is 0.602 bits per heavy atom. The Morgan fingerprint density at radius 3 is 0.988 bits per heavy atom. The molecule has 0 aromatic carbocycles. The molecule has 0 spiro atoms. The summed E-state index contributed by atoms with van der Waals surface area (Å²) in [6.07, 6.45) is 58.5. The number of unbranched alkanes of at least 4 members (excludes halogenated alkanes) is 29. The minimum absolute atomic E-state index is 0.107. The highest BCUT2D eigenvalue weighted by Crippen LogP contribution is 2.45. The molecule has 0 saturated carbocycles. The molecule has 0 bridgehead atoms. The second-order valence-corrected chi connectivity index (χ2v) is 24.8. The van der Waals surface area contributed by atoms with Crippen molar-refractivity contribution in [1.82, 2.24) is 0 Å². The molecule has 0 aliphatic heterocycles. The number of phosphoric acid groups is 2. The van der Waals surface area contributed by atoms with Crippen molar-refractivity contribution in [2.45, 2.75) is 296 Å². The van der Waals surface area contributed by atoms with Crippen LogP contribution in [0.5, 0.6) is 0 Å². The first kappa shape index (κ1) is 80.2. The predicted molar refractivity (Wildman–Crippen MR) is 335 cm³/mol. The van der Waals surface area contributed by atoms with Gasteiger partial charge in [-0.25, -0.2) is 9.13 Å². The fourth-order valence-electron chi connectivity index (χ4n) is 8.67. The first-order chi connectivity index (χ1) is 40.2. The molecule has 0 saturated heterocycles. The van der Waals surface area contributed by atoms with Crippen LogP contribution in [0.15, 0.2) is 60.8 Å². The maximum absolute atomic E-state index is 12.8. The van der Waals surface area contributed by atoms with Gasteiger partial charge in [-0.1, -0.05) is 229 Å². The zero-order valence-electron chi connectivity index (χ0n) is 52.1. The van der Waals surface area contributed by atoms with Crippen LogP contribution >= 0.6 is 15.6 Å². The van der Waals surface area contributed by atoms with Gasteiger partial charge in [0.25, 0.3) is 0 Å². The Kier molecular flexibility index (Phi) is 57.6. The molecule has 0 heterocycles. The lowest BCUT2D eigenvalue weighted by atomic mass is 10.1. The summed E-state index contributed by atoms with van der Waals surface area (Å²) in [7, 11) is -9.76. The van der Waals surface area contributed by atoms with Crippen LogP contribution in [-0.2, 0) is 55.8 Å². The van der Waals surface area contributed by atoms with Crippen LogP contribution < -0.4 is 0 Å². The second-order valence-electron chi connectivity index (χ2n) is 21.9. The first-order valence-electron chi connectivity index (χ1n) is 32.6. The van der Waals surface area contributed by atoms with Gasteiger partial charge in [-0.3, -0.25) is 32.5 Å². The number of allylic oxidation sites excluding steroid dienone is 10. The molecular weight excluding hydrogens is 1100 g/mol. The molecule has 5 atom stereocenters. The standard InChI is InChI=1S/C65H118O16P2/c1-4-7-10-13-16-19-22-24-26-27-28-29-30-31-33-35-37-39-42-45-48-51-63(68)75-54-60(66)55-77-82(71,72)78-56-61(67)57-79-83(73,74)80-59-62(81-65(70)53-50-47-44-41-36-21-18-15-12-9-6-3)58-76-64(69)52-49-46-43-40-38-34-32-25-23-20-17-14-11-8-5-2/h16,19,24-26,28-29,31-33,60-62,66-67H,4-15,17-18,20-23,27,30,34-59H2,1-3H3,(H,71,72)(H,73,74)/b19-16-,26-24-,29-28-,32-25-,33-31-. The first-order valence-corrected chi connectivity index (χ1v) is 35.6. The Balaban J connectivity index is 4.58. The highest BCUT2D eigenvalue weighted by atomic mass is 31.2. The molecule has 0 radical (unpaired) electrons. The molecule has 18 heteroatoms. The summed E-state index contributed by atoms with van der Waals surface area (Å²) in [5.74, 6) is -1.59. The third kappa shape index (κ3) is 60.7. The van der Waals surface area contributed by atoms with Gasteiger partial charge >= 0.3 is 33.6 Å². The number of esters is 3. The quantitative estimate of drug-likeness (QED) is 0.0146. The van der Waals surface area contributed by atoms with Gasteiger partial charge in [0.05, 0.1) is 26.4 Å². The summed E-state index contributed by atoms with van der Waals surface area (Å²) in [6.45, 7) is 2.60. The fourth-order valence-corrected chi connectivity index (χ4v) is 10.3. The number of rotatable bonds is 62. The molecule has 16 nitrogen and oxygen atoms in total. The second kappa shape index (κ2) is 59.6. The number of aliphatic hydroxyl groups is 2. The molecule has 0 aromatic rings. The van der Waals surface area contributed by atoms with Crippen molar-refractivity contribution in [2.75, 3.05) is 39.6 Å². The Morgan fingerprint density at radius 1 is 0.337 bits per heavy atom. The van der Waals surface area contributed by atoms with Gasteiger partial charge in [-0.05, 0) is 89.9 Å². The van der Waals surface area contributed by atoms with E-state index in [0.29, 0.717) is 19.3 Å². The van der Waals surface area contributed by atoms with Crippen LogP contribution in [-0.4, -0.2) is 95.9 Å². The molecule has 0 aromatic heterocycles. The molecule has 0 rings (SSSR count). The average molecular weight is 1220 g/mol. The van der Waals surface area contributed by atoms with Crippen molar-refractivity contribution < 1.29 is 75.8 Å². The van der Waals surface area contributed by atoms with E-state index in [1.807, 2.05) is 0 Å². The average Bonchev–Trinajstić information content (AvgIpc) is 3.46. The molecule has 0 amide bonds. The molecule has 4 N–H and O–H groups in total. The Bertz CT molecular complexity index is 1770. The third-order valence-electron chi connectivity index (χ3n) is 13.7. The Hall–Kier alpha value is -2.75. The van der Waals surface area contributed by atoms with Gasteiger partial charge in [0.15, 0.2) is 6.10 Å². The monoisotopic (exact) mass is 1220 g/mol. The van der Waals surface area contributed by atoms with Gasteiger partial charge in [0.1, 0.15) is 25.4 Å². The summed E-state index contributed by atoms with van der Waals surface area (Å²) >= 11 is 0. The van der Waals surface area contributed by atoms with Crippen LogP contribution in [0.2, 0.25) is 0 Å². The van der Waals surface area contributed by atoms with Crippen molar-refractivity contribution >= 4 is 33.6 Å². The summed E-state index contributed by atoms with van der Waals surface area (Å²) < 4.78 is 60.7. The number of phosphoric ester groups is 2. The fraction of sp³-hybridized carbons (Fsp3) is 0.800. The minimum Gasteiger partial charge on any atom is -0.463 e. The van der Waals surface area contributed by atoms with E-state index in [2.05, 4.69) is 81.5 Å². The number of hydrogen-bond acceptors (Lipinski definition) is 14. The zero-order valence-corrected chi connectivity index (χ0v) is 53.9. The molecule has 83 heavy (non-hydrogen) atoms. The Labute approximate surface area is 503 Å². The van der Waals surface area contributed by atoms with E-state index in [9.17, 15) is 43.5 Å². The van der Waals surface area contributed by atoms with Crippen LogP contribution in [0, 0.1) is 0 Å². The van der Waals surface area contributed by atoms with E-state index in [1.165, 1.54) is 103 Å². The van der Waals surface area contributed by atoms with Crippen molar-refractivity contribution in [3.63, 3.8) is 0 Å². The number of hydrogen-bond donors (Lipinski definition) is 4. The highest BCUT2D eigenvalue weighted by molar-refractivity contribution is 7.47. The van der Waals surface area contributed by atoms with Crippen LogP contribution in [0.4, 0.5) is 0 Å². The number of ether oxygens (including phenoxy) is 3. The largest absolute Gasteiger partial charge is 0.472 e. The lowest BCUT2D eigenvalue weighted by molar-refractivity contribution is -0.161. The van der Waals surface area contributed by atoms with Gasteiger partial charge < -0.3 is 34.2 Å². The highest BCUT2D eigenvalue weighted by Gasteiger charge is 2.29. The topological polar surface area (TPSA) is 231 Å². The molecule has 0 fully saturated rings. The third-order valence-corrected chi connectivity index (χ3v) is 15.6. The van der Waals surface area contributed by atoms with Crippen molar-refractivity contribution in [3.05, 3.63) is 60.8 Å². The number of carbonyl (C=O) groups excluding carboxylic acids is 3. The predicted octanol–water partition coefficient (Wildman–Crippen LogP) is 17.4. The van der Waals surface area contributed by atoms with E-state index < -0.39 is 91.5 Å². The summed E-state index contributed by atoms with van der Waals surface area (Å²) in [5.41, 5.74) is 0. The van der Waals surface area contributed by atoms with E-state index >= 15 is 0 Å². The molecule has 5 unspecified atom stereocenters. The van der Waals surface area contributed by atoms with Crippen molar-refractivity contribution in [2.24, 2.45) is 0 Å². The summed E-state index contributed by atoms with van der Waals surface area (Å²) in [6, 6.07) is 0. The molecule has 0 aliphatic rings. The van der Waals surface area contributed by atoms with E-state index in [-0.39, 0.29) is 19.3 Å². The molecule has 484 valence electrons. The SMILES string of the molecule is CCCCC/C=C\C/C=C\C/C=C\C/C=C\CCCCCCCC(=O)OCC(O)COP(=O)(O)OCC(O)COP(=O)(O)OCC(COC(=O)CCCCCCC/C=C\CCCCCCCC)OC(=O)CCCCCCCCCCCCC. The van der Waals surface area contributed by atoms with Crippen LogP contribution in [0.25, 0.3) is 0 Å². The molecule has 0 aliphatic carbocycles. The number of aliphatic hydroxyl groups excluding tert-OH is 2. The minimum atomic E-state index is -4.91. The van der Waals surface area contributed by atoms with Crippen LogP contribution in [0.1, 0.15) is 278 Å². The van der Waals surface area contributed by atoms with Gasteiger partial charge in [0, 0.05) is 19.3 Å². The van der Waals surface area contributed by atoms with E-state index in [0.717, 1.165) is 116 Å². The lowest BCUT2D eigenvalue weighted by Crippen LogP contribution is -2.30. The van der Waals surface area contributed by atoms with Crippen molar-refractivity contribution in [1.29, 1.82) is 0 Å². The van der Waals surface area contributed by atoms with Crippen LogP contribution in [0.3, 0.4) is 0 Å². The van der Waals surface area contributed by atoms with Gasteiger partial charge in [-0.2, -0.15) is 0 Å². The maximum Gasteiger partial charge on any atom is 0.472 e. The van der Waals surface area contributed by atoms with Gasteiger partial charge in [0.2, 0.25) is 0 Å².